The summed E-state index contributed by atoms with van der Waals surface area (Å²) in [7, 11) is 0. The molecule has 0 radical (unpaired) electrons. The zero-order valence-corrected chi connectivity index (χ0v) is 20.4. The van der Waals surface area contributed by atoms with Crippen LogP contribution in [0.2, 0.25) is 0 Å². The van der Waals surface area contributed by atoms with E-state index in [1.807, 2.05) is 18.2 Å². The standard InChI is InChI=1S/3C6H6OS.4O.Sb/c3*7-5-3-1-2-4-6(5)8;;;;;/h3*1-4,7-8H;;;;;/q;;;;3*-1;/p+3. The number of benzene rings is 3. The van der Waals surface area contributed by atoms with Gasteiger partial charge in [-0.1, -0.05) is 36.4 Å². The van der Waals surface area contributed by atoms with Crippen LogP contribution in [0.3, 0.4) is 0 Å². The van der Waals surface area contributed by atoms with Crippen molar-refractivity contribution in [2.45, 2.75) is 14.7 Å². The molecule has 0 amide bonds. The van der Waals surface area contributed by atoms with Crippen molar-refractivity contribution in [3.63, 3.8) is 0 Å². The predicted octanol–water partition coefficient (Wildman–Crippen LogP) is -1.78. The number of hydrogen-bond donors (Lipinski definition) is 3. The number of phenols is 3. The molecular weight excluding hydrogens is 546 g/mol. The van der Waals surface area contributed by atoms with E-state index in [1.54, 1.807) is 54.6 Å². The van der Waals surface area contributed by atoms with Gasteiger partial charge in [-0.05, 0) is 74.3 Å². The van der Waals surface area contributed by atoms with E-state index in [9.17, 15) is 0 Å². The van der Waals surface area contributed by atoms with Gasteiger partial charge < -0.3 is 15.3 Å². The number of rotatable bonds is 0. The van der Waals surface area contributed by atoms with Gasteiger partial charge >= 0.3 is 33.2 Å². The summed E-state index contributed by atoms with van der Waals surface area (Å²) in [6.45, 7) is 0. The van der Waals surface area contributed by atoms with Crippen LogP contribution in [0.5, 0.6) is 17.2 Å². The average Bonchev–Trinajstić information content (AvgIpc) is 2.62. The summed E-state index contributed by atoms with van der Waals surface area (Å²) >= 11 is 3.48. The first-order chi connectivity index (χ1) is 13.4. The monoisotopic (exact) mass is 566 g/mol. The van der Waals surface area contributed by atoms with Crippen molar-refractivity contribution in [2.24, 2.45) is 0 Å². The normalized spacial score (nSPS) is 9.59. The molecule has 3 aromatic rings. The fourth-order valence-corrected chi connectivity index (χ4v) is 1.96. The molecule has 0 fully saturated rings. The second kappa shape index (κ2) is 14.6. The van der Waals surface area contributed by atoms with E-state index in [0.717, 1.165) is 14.7 Å². The van der Waals surface area contributed by atoms with E-state index in [0.29, 0.717) is 0 Å². The molecule has 29 heavy (non-hydrogen) atoms. The maximum absolute atomic E-state index is 8.87. The summed E-state index contributed by atoms with van der Waals surface area (Å²) in [5, 5.41) is 26.6. The van der Waals surface area contributed by atoms with E-state index < -0.39 is 20.1 Å². The van der Waals surface area contributed by atoms with Crippen LogP contribution in [-0.4, -0.2) is 35.4 Å². The van der Waals surface area contributed by atoms with Gasteiger partial charge in [0.15, 0.2) is 31.9 Å². The van der Waals surface area contributed by atoms with Gasteiger partial charge in [0.05, 0.1) is 0 Å². The van der Waals surface area contributed by atoms with Gasteiger partial charge in [0.2, 0.25) is 0 Å². The summed E-state index contributed by atoms with van der Waals surface area (Å²) < 4.78 is 34.6. The van der Waals surface area contributed by atoms with Gasteiger partial charge in [0.1, 0.15) is 0 Å². The molecule has 0 saturated carbocycles. The zero-order valence-electron chi connectivity index (χ0n) is 14.9. The first-order valence-electron chi connectivity index (χ1n) is 7.63. The molecule has 0 spiro atoms. The Morgan fingerprint density at radius 2 is 0.724 bits per heavy atom. The molecule has 3 N–H and O–H groups in total. The molecule has 0 aromatic heterocycles. The second-order valence-corrected chi connectivity index (χ2v) is 9.17. The van der Waals surface area contributed by atoms with Crippen LogP contribution in [-0.2, 0) is 40.9 Å². The number of aromatic hydroxyl groups is 3. The first kappa shape index (κ1) is 27.6. The van der Waals surface area contributed by atoms with Crippen molar-refractivity contribution in [3.05, 3.63) is 72.8 Å². The van der Waals surface area contributed by atoms with Crippen LogP contribution in [0.4, 0.5) is 0 Å². The Balaban J connectivity index is 0.000000367. The molecule has 3 rings (SSSR count). The Labute approximate surface area is 190 Å². The zero-order chi connectivity index (χ0) is 22.4. The van der Waals surface area contributed by atoms with Crippen molar-refractivity contribution in [1.29, 1.82) is 0 Å². The van der Waals surface area contributed by atoms with Gasteiger partial charge in [-0.15, -0.1) is 0 Å². The number of para-hydroxylation sites is 3. The van der Waals surface area contributed by atoms with Crippen LogP contribution in [0.1, 0.15) is 0 Å². The van der Waals surface area contributed by atoms with E-state index in [4.69, 9.17) is 28.5 Å². The maximum atomic E-state index is 8.87. The topological polar surface area (TPSA) is 147 Å². The van der Waals surface area contributed by atoms with E-state index >= 15 is 0 Å². The minimum atomic E-state index is -6.10. The minimum absolute atomic E-state index is 0.282. The molecular formula is C18H21O7S3Sb. The summed E-state index contributed by atoms with van der Waals surface area (Å²) in [4.78, 5) is 2.19. The Morgan fingerprint density at radius 3 is 0.828 bits per heavy atom. The fraction of sp³-hybridized carbons (Fsp3) is 0. The van der Waals surface area contributed by atoms with Gasteiger partial charge in [-0.2, -0.15) is 0 Å². The molecule has 0 aliphatic carbocycles. The van der Waals surface area contributed by atoms with E-state index in [-0.39, 0.29) is 17.2 Å². The molecule has 0 aliphatic rings. The van der Waals surface area contributed by atoms with Gasteiger partial charge in [-0.25, -0.2) is 0 Å². The first-order valence-corrected chi connectivity index (χ1v) is 13.3. The number of hydrogen-bond acceptors (Lipinski definition) is 7. The quantitative estimate of drug-likeness (QED) is 0.215. The molecule has 0 atom stereocenters. The Hall–Kier alpha value is -1.39. The van der Waals surface area contributed by atoms with Crippen LogP contribution in [0, 0.1) is 0 Å². The summed E-state index contributed by atoms with van der Waals surface area (Å²) in [6.07, 6.45) is 0. The Kier molecular flexibility index (Phi) is 13.9. The van der Waals surface area contributed by atoms with E-state index in [2.05, 4.69) is 37.9 Å². The van der Waals surface area contributed by atoms with Gasteiger partial charge in [0, 0.05) is 0 Å². The molecule has 7 nitrogen and oxygen atoms in total. The van der Waals surface area contributed by atoms with Crippen LogP contribution >= 0.6 is 0 Å². The molecule has 0 bridgehead atoms. The van der Waals surface area contributed by atoms with Gasteiger partial charge in [0.25, 0.3) is 0 Å². The number of phenolic OH excluding ortho intramolecular Hbond substituents is 3. The average molecular weight is 567 g/mol. The molecule has 0 aliphatic heterocycles. The van der Waals surface area contributed by atoms with Gasteiger partial charge in [-0.3, -0.25) is 0 Å². The van der Waals surface area contributed by atoms with Crippen LogP contribution in [0.25, 0.3) is 0 Å². The summed E-state index contributed by atoms with van der Waals surface area (Å²) in [5.74, 6) is 0.845. The summed E-state index contributed by atoms with van der Waals surface area (Å²) in [5.41, 5.74) is 0. The Morgan fingerprint density at radius 1 is 0.552 bits per heavy atom. The molecule has 3 aromatic carbocycles. The fourth-order valence-electron chi connectivity index (χ4n) is 1.42. The molecule has 0 saturated heterocycles. The van der Waals surface area contributed by atoms with Crippen molar-refractivity contribution in [1.82, 2.24) is 0 Å². The summed E-state index contributed by atoms with van der Waals surface area (Å²) in [6, 6.07) is 21.1. The van der Waals surface area contributed by atoms with Crippen molar-refractivity contribution >= 4 is 57.9 Å². The Bertz CT molecular complexity index is 745. The van der Waals surface area contributed by atoms with E-state index in [1.165, 1.54) is 0 Å². The van der Waals surface area contributed by atoms with Crippen LogP contribution in [0.15, 0.2) is 87.5 Å². The molecule has 0 heterocycles. The third-order valence-corrected chi connectivity index (χ3v) is 3.98. The SMILES string of the molecule is Oc1ccccc1[SH2+].Oc1ccccc1[SH2+].Oc1ccccc1[SH2+].[O]=[Sb]([O-])([O-])[O-]. The van der Waals surface area contributed by atoms with Crippen molar-refractivity contribution < 1.29 is 28.5 Å². The molecule has 158 valence electrons. The third-order valence-electron chi connectivity index (χ3n) is 2.71. The second-order valence-electron chi connectivity index (χ2n) is 5.00. The third kappa shape index (κ3) is 16.1. The van der Waals surface area contributed by atoms with Crippen molar-refractivity contribution in [3.8, 4) is 17.2 Å². The van der Waals surface area contributed by atoms with Crippen molar-refractivity contribution in [2.75, 3.05) is 0 Å². The van der Waals surface area contributed by atoms with Crippen LogP contribution < -0.4 is 10.2 Å². The predicted molar refractivity (Wildman–Crippen MR) is 116 cm³/mol. The molecule has 0 unspecified atom stereocenters. The molecule has 11 heteroatoms.